The molecule has 27 nitrogen and oxygen atoms in total. The topological polar surface area (TPSA) is 414 Å². The largest absolute Gasteiger partial charge is 0.394 e. The maximum absolute atomic E-state index is 12.2. The second-order valence-corrected chi connectivity index (χ2v) is 27.6. The predicted octanol–water partition coefficient (Wildman–Crippen LogP) is -3.81. The Bertz CT molecular complexity index is 2210. The maximum atomic E-state index is 12.2. The molecule has 15 N–H and O–H groups in total. The van der Waals surface area contributed by atoms with Crippen LogP contribution in [0, 0.1) is 58.2 Å². The van der Waals surface area contributed by atoms with Crippen molar-refractivity contribution in [2.24, 2.45) is 58.2 Å². The first-order chi connectivity index (χ1) is 40.3. The third kappa shape index (κ3) is 11.4. The Labute approximate surface area is 494 Å². The van der Waals surface area contributed by atoms with E-state index in [1.54, 1.807) is 6.92 Å². The van der Waals surface area contributed by atoms with Crippen LogP contribution in [-0.2, 0) is 56.8 Å². The number of aliphatic hydroxyl groups is 15. The van der Waals surface area contributed by atoms with Crippen LogP contribution in [0.25, 0.3) is 0 Å². The van der Waals surface area contributed by atoms with Gasteiger partial charge in [-0.1, -0.05) is 34.6 Å². The lowest BCUT2D eigenvalue weighted by Gasteiger charge is -2.62. The van der Waals surface area contributed by atoms with E-state index in [-0.39, 0.29) is 28.8 Å². The van der Waals surface area contributed by atoms with Crippen molar-refractivity contribution in [1.82, 2.24) is 0 Å². The van der Waals surface area contributed by atoms with E-state index in [9.17, 15) is 76.6 Å². The van der Waals surface area contributed by atoms with E-state index in [1.165, 1.54) is 6.92 Å². The molecular formula is C58H96O27. The van der Waals surface area contributed by atoms with E-state index < -0.39 is 198 Å². The summed E-state index contributed by atoms with van der Waals surface area (Å²) >= 11 is 0. The Kier molecular flexibility index (Phi) is 19.6. The van der Waals surface area contributed by atoms with Crippen LogP contribution in [-0.4, -0.2) is 281 Å². The summed E-state index contributed by atoms with van der Waals surface area (Å²) in [6, 6.07) is 0. The number of hydrogen-bond acceptors (Lipinski definition) is 27. The molecule has 0 aromatic rings. The first-order valence-corrected chi connectivity index (χ1v) is 31.1. The van der Waals surface area contributed by atoms with Gasteiger partial charge in [0.25, 0.3) is 0 Å². The second-order valence-electron chi connectivity index (χ2n) is 27.6. The smallest absolute Gasteiger partial charge is 0.187 e. The molecule has 11 aliphatic rings. The van der Waals surface area contributed by atoms with Crippen molar-refractivity contribution in [3.05, 3.63) is 0 Å². The van der Waals surface area contributed by atoms with Crippen molar-refractivity contribution in [1.29, 1.82) is 0 Å². The van der Waals surface area contributed by atoms with Gasteiger partial charge in [-0.3, -0.25) is 0 Å². The molecule has 7 saturated heterocycles. The van der Waals surface area contributed by atoms with Crippen LogP contribution in [0.2, 0.25) is 0 Å². The van der Waals surface area contributed by atoms with Crippen molar-refractivity contribution in [2.45, 2.75) is 271 Å². The van der Waals surface area contributed by atoms with Gasteiger partial charge in [-0.15, -0.1) is 0 Å². The van der Waals surface area contributed by atoms with E-state index in [1.807, 2.05) is 0 Å². The summed E-state index contributed by atoms with van der Waals surface area (Å²) < 4.78 is 74.0. The zero-order chi connectivity index (χ0) is 61.1. The van der Waals surface area contributed by atoms with Crippen molar-refractivity contribution in [3.8, 4) is 0 Å². The fourth-order valence-electron chi connectivity index (χ4n) is 17.9. The molecule has 7 aliphatic heterocycles. The summed E-state index contributed by atoms with van der Waals surface area (Å²) in [5.74, 6) is 0.835. The number of rotatable bonds is 14. The van der Waals surface area contributed by atoms with E-state index in [0.29, 0.717) is 55.5 Å². The van der Waals surface area contributed by atoms with Crippen molar-refractivity contribution in [3.63, 3.8) is 0 Å². The van der Waals surface area contributed by atoms with Gasteiger partial charge in [-0.05, 0) is 105 Å². The highest BCUT2D eigenvalue weighted by Crippen LogP contribution is 2.71. The predicted molar refractivity (Wildman–Crippen MR) is 284 cm³/mol. The number of ether oxygens (including phenoxy) is 12. The molecule has 7 heterocycles. The van der Waals surface area contributed by atoms with E-state index >= 15 is 0 Å². The Balaban J connectivity index is 0.775. The van der Waals surface area contributed by atoms with Gasteiger partial charge in [-0.2, -0.15) is 0 Å². The molecule has 0 amide bonds. The van der Waals surface area contributed by atoms with E-state index in [2.05, 4.69) is 27.7 Å². The molecule has 0 aromatic heterocycles. The molecule has 0 bridgehead atoms. The quantitative estimate of drug-likeness (QED) is 0.0742. The SMILES string of the molecule is CC1CC[C@@]2(OC1)O[C@H]1CC3C4C[C@@H](O)C5C[C@@H](O[C@@H]6O[C@H](CO)[C@H](O[C@@H]7O[C@H](CO)[C@@H](O)[C@H](O[C@@H]8O[C@H](C)[C@@H](O[C@@H]9O[C@H](CO)[C@@H](C)[C@H](O)[C@H]9O)[C@H](O)[C@H]8O)[C@H]7O[C@@H]7O[C@H](CO)[C@@H](O)[C@H](O)[C@H]7O)[C@H](O)[C@H]6O)CC[C@]5(C)C4CC[C@]3(C)[C@H]1[C@@H]2C. The summed E-state index contributed by atoms with van der Waals surface area (Å²) in [4.78, 5) is 0. The second kappa shape index (κ2) is 25.4. The standard InChI is InChI=1S/C58H96O27/c1-21-7-12-58(74-20-21)23(3)36-31(85-58)15-28-26-14-30(63)29-13-25(8-10-56(29,5)27(26)9-11-57(28,36)6)76-52-46(73)42(69)48(35(19-62)80-52)82-55-50(84-54-44(71)40(67)38(65)33(17-60)78-54)49(39(66)34(18-61)79-55)83-51-45(72)41(68)47(24(4)75-51)81-53-43(70)37(64)22(2)32(16-59)77-53/h21-55,59-73H,7-20H2,1-6H3/t21?,22-,23+,24-,25+,26?,27?,28?,29?,30-,31+,32-,33-,34-,35-,36+,37+,38-,39-,40+,41-,42-,43-,44-,45-,46-,47-,48+,49+,50-,51+,52-,53+,54+,55+,56-,57+,58-/m1/s1. The average molecular weight is 1230 g/mol. The molecule has 85 heavy (non-hydrogen) atoms. The Morgan fingerprint density at radius 2 is 0.976 bits per heavy atom. The molecule has 11 rings (SSSR count). The van der Waals surface area contributed by atoms with E-state index in [4.69, 9.17) is 56.8 Å². The van der Waals surface area contributed by atoms with Gasteiger partial charge in [0.1, 0.15) is 97.7 Å². The minimum absolute atomic E-state index is 0.0542. The Hall–Kier alpha value is -1.08. The first-order valence-electron chi connectivity index (χ1n) is 31.1. The maximum Gasteiger partial charge on any atom is 0.187 e. The summed E-state index contributed by atoms with van der Waals surface area (Å²) in [6.07, 6.45) is -35.4. The highest BCUT2D eigenvalue weighted by atomic mass is 16.8. The van der Waals surface area contributed by atoms with Crippen LogP contribution in [0.15, 0.2) is 0 Å². The van der Waals surface area contributed by atoms with Gasteiger partial charge in [0.15, 0.2) is 37.2 Å². The van der Waals surface area contributed by atoms with Crippen LogP contribution in [0.5, 0.6) is 0 Å². The fraction of sp³-hybridized carbons (Fsp3) is 1.00. The third-order valence-electron chi connectivity index (χ3n) is 22.9. The van der Waals surface area contributed by atoms with E-state index in [0.717, 1.165) is 38.5 Å². The third-order valence-corrected chi connectivity index (χ3v) is 22.9. The van der Waals surface area contributed by atoms with Gasteiger partial charge < -0.3 is 133 Å². The highest BCUT2D eigenvalue weighted by Gasteiger charge is 2.70. The average Bonchev–Trinajstić information content (AvgIpc) is 2.34. The molecule has 5 unspecified atom stereocenters. The number of hydrogen-bond donors (Lipinski definition) is 15. The summed E-state index contributed by atoms with van der Waals surface area (Å²) in [5.41, 5.74) is -0.162. The molecule has 11 fully saturated rings. The number of aliphatic hydroxyl groups excluding tert-OH is 15. The van der Waals surface area contributed by atoms with Gasteiger partial charge in [0, 0.05) is 18.3 Å². The van der Waals surface area contributed by atoms with Gasteiger partial charge in [0.05, 0.1) is 69.7 Å². The van der Waals surface area contributed by atoms with Crippen LogP contribution >= 0.6 is 0 Å². The van der Waals surface area contributed by atoms with Crippen molar-refractivity contribution in [2.75, 3.05) is 33.0 Å². The molecule has 38 atom stereocenters. The zero-order valence-electron chi connectivity index (χ0n) is 49.2. The van der Waals surface area contributed by atoms with Gasteiger partial charge in [0.2, 0.25) is 0 Å². The lowest BCUT2D eigenvalue weighted by Crippen LogP contribution is -2.69. The van der Waals surface area contributed by atoms with Crippen LogP contribution in [0.4, 0.5) is 0 Å². The molecule has 0 aromatic carbocycles. The molecule has 4 aliphatic carbocycles. The Morgan fingerprint density at radius 3 is 1.64 bits per heavy atom. The van der Waals surface area contributed by atoms with Gasteiger partial charge in [-0.25, -0.2) is 0 Å². The molecule has 0 radical (unpaired) electrons. The van der Waals surface area contributed by atoms with Crippen LogP contribution < -0.4 is 0 Å². The molecule has 27 heteroatoms. The zero-order valence-corrected chi connectivity index (χ0v) is 49.2. The monoisotopic (exact) mass is 1220 g/mol. The van der Waals surface area contributed by atoms with Crippen LogP contribution in [0.1, 0.15) is 99.3 Å². The van der Waals surface area contributed by atoms with Crippen molar-refractivity contribution < 1.29 is 133 Å². The molecule has 4 saturated carbocycles. The normalized spacial score (nSPS) is 58.1. The first kappa shape index (κ1) is 65.4. The van der Waals surface area contributed by atoms with Crippen LogP contribution in [0.3, 0.4) is 0 Å². The summed E-state index contributed by atoms with van der Waals surface area (Å²) in [6.45, 7) is 9.72. The number of fused-ring (bicyclic) bond motifs is 7. The van der Waals surface area contributed by atoms with Crippen molar-refractivity contribution >= 4 is 0 Å². The fourth-order valence-corrected chi connectivity index (χ4v) is 17.9. The lowest BCUT2D eigenvalue weighted by molar-refractivity contribution is -0.409. The Morgan fingerprint density at radius 1 is 0.435 bits per heavy atom. The lowest BCUT2D eigenvalue weighted by atomic mass is 9.43. The molecule has 1 spiro atoms. The highest BCUT2D eigenvalue weighted by molar-refractivity contribution is 5.17. The molecule has 490 valence electrons. The summed E-state index contributed by atoms with van der Waals surface area (Å²) in [7, 11) is 0. The minimum Gasteiger partial charge on any atom is -0.394 e. The van der Waals surface area contributed by atoms with Gasteiger partial charge >= 0.3 is 0 Å². The molecular weight excluding hydrogens is 1130 g/mol. The summed E-state index contributed by atoms with van der Waals surface area (Å²) in [5, 5.41) is 166. The minimum atomic E-state index is -2.08.